The van der Waals surface area contributed by atoms with E-state index >= 15 is 0 Å². The summed E-state index contributed by atoms with van der Waals surface area (Å²) in [5, 5.41) is 3.39. The summed E-state index contributed by atoms with van der Waals surface area (Å²) < 4.78 is 6.00. The second-order valence-corrected chi connectivity index (χ2v) is 4.22. The standard InChI is InChI=1S/C10H19NO/c1-4-8-9(11-3)7(2)12-10(8)5-6-10/h7-9,11H,4-6H2,1-3H3/t7-,8?,9?/m1/s1. The predicted octanol–water partition coefficient (Wildman–Crippen LogP) is 1.55. The Bertz CT molecular complexity index is 177. The van der Waals surface area contributed by atoms with Gasteiger partial charge in [0.25, 0.3) is 0 Å². The number of nitrogens with one attached hydrogen (secondary N) is 1. The van der Waals surface area contributed by atoms with Crippen molar-refractivity contribution in [1.82, 2.24) is 5.32 Å². The van der Waals surface area contributed by atoms with Gasteiger partial charge in [0.15, 0.2) is 0 Å². The van der Waals surface area contributed by atoms with E-state index in [2.05, 4.69) is 26.2 Å². The fraction of sp³-hybridized carbons (Fsp3) is 1.00. The maximum absolute atomic E-state index is 6.00. The van der Waals surface area contributed by atoms with Gasteiger partial charge < -0.3 is 10.1 Å². The van der Waals surface area contributed by atoms with Crippen molar-refractivity contribution in [2.45, 2.75) is 50.9 Å². The molecule has 0 aromatic heterocycles. The molecule has 0 radical (unpaired) electrons. The molecule has 0 amide bonds. The Labute approximate surface area is 74.7 Å². The number of likely N-dealkylation sites (N-methyl/N-ethyl adjacent to an activating group) is 1. The largest absolute Gasteiger partial charge is 0.370 e. The predicted molar refractivity (Wildman–Crippen MR) is 49.1 cm³/mol. The Morgan fingerprint density at radius 2 is 2.17 bits per heavy atom. The van der Waals surface area contributed by atoms with E-state index in [-0.39, 0.29) is 0 Å². The van der Waals surface area contributed by atoms with Crippen LogP contribution in [0.3, 0.4) is 0 Å². The highest BCUT2D eigenvalue weighted by atomic mass is 16.5. The van der Waals surface area contributed by atoms with E-state index < -0.39 is 0 Å². The summed E-state index contributed by atoms with van der Waals surface area (Å²) in [6.45, 7) is 4.47. The average Bonchev–Trinajstić information content (AvgIpc) is 2.73. The Morgan fingerprint density at radius 3 is 2.58 bits per heavy atom. The highest BCUT2D eigenvalue weighted by Gasteiger charge is 2.59. The van der Waals surface area contributed by atoms with Gasteiger partial charge >= 0.3 is 0 Å². The van der Waals surface area contributed by atoms with Crippen LogP contribution >= 0.6 is 0 Å². The molecule has 0 bridgehead atoms. The molecule has 1 spiro atoms. The molecule has 1 saturated carbocycles. The van der Waals surface area contributed by atoms with Crippen LogP contribution in [0.2, 0.25) is 0 Å². The number of hydrogen-bond donors (Lipinski definition) is 1. The lowest BCUT2D eigenvalue weighted by Crippen LogP contribution is -2.38. The van der Waals surface area contributed by atoms with Crippen LogP contribution in [0.1, 0.15) is 33.1 Å². The molecule has 2 heteroatoms. The summed E-state index contributed by atoms with van der Waals surface area (Å²) in [7, 11) is 2.05. The highest BCUT2D eigenvalue weighted by Crippen LogP contribution is 2.54. The number of rotatable bonds is 2. The van der Waals surface area contributed by atoms with E-state index in [1.54, 1.807) is 0 Å². The van der Waals surface area contributed by atoms with Crippen LogP contribution in [0.25, 0.3) is 0 Å². The van der Waals surface area contributed by atoms with Gasteiger partial charge in [0.2, 0.25) is 0 Å². The van der Waals surface area contributed by atoms with Gasteiger partial charge in [-0.1, -0.05) is 6.92 Å². The van der Waals surface area contributed by atoms with Crippen LogP contribution in [0.4, 0.5) is 0 Å². The number of ether oxygens (including phenoxy) is 1. The number of hydrogen-bond acceptors (Lipinski definition) is 2. The highest BCUT2D eigenvalue weighted by molar-refractivity contribution is 5.10. The molecule has 1 aliphatic carbocycles. The minimum Gasteiger partial charge on any atom is -0.370 e. The van der Waals surface area contributed by atoms with Crippen molar-refractivity contribution >= 4 is 0 Å². The second-order valence-electron chi connectivity index (χ2n) is 4.22. The summed E-state index contributed by atoms with van der Waals surface area (Å²) in [5.74, 6) is 0.748. The maximum Gasteiger partial charge on any atom is 0.0732 e. The molecule has 1 N–H and O–H groups in total. The van der Waals surface area contributed by atoms with Gasteiger partial charge in [-0.25, -0.2) is 0 Å². The molecule has 0 aromatic rings. The van der Waals surface area contributed by atoms with E-state index in [0.29, 0.717) is 17.7 Å². The van der Waals surface area contributed by atoms with Gasteiger partial charge in [0.05, 0.1) is 11.7 Å². The first-order valence-electron chi connectivity index (χ1n) is 5.08. The minimum absolute atomic E-state index is 0.293. The molecule has 0 aromatic carbocycles. The van der Waals surface area contributed by atoms with Crippen LogP contribution in [0.15, 0.2) is 0 Å². The van der Waals surface area contributed by atoms with Gasteiger partial charge in [-0.15, -0.1) is 0 Å². The smallest absolute Gasteiger partial charge is 0.0732 e. The lowest BCUT2D eigenvalue weighted by Gasteiger charge is -2.20. The van der Waals surface area contributed by atoms with Gasteiger partial charge in [-0.2, -0.15) is 0 Å². The molecule has 2 aliphatic rings. The van der Waals surface area contributed by atoms with Crippen molar-refractivity contribution in [1.29, 1.82) is 0 Å². The molecule has 2 nitrogen and oxygen atoms in total. The van der Waals surface area contributed by atoms with Crippen LogP contribution in [0, 0.1) is 5.92 Å². The van der Waals surface area contributed by atoms with Crippen LogP contribution in [0.5, 0.6) is 0 Å². The Kier molecular flexibility index (Phi) is 1.92. The lowest BCUT2D eigenvalue weighted by molar-refractivity contribution is 0.0220. The van der Waals surface area contributed by atoms with Crippen molar-refractivity contribution in [3.63, 3.8) is 0 Å². The van der Waals surface area contributed by atoms with E-state index in [1.807, 2.05) is 0 Å². The first-order chi connectivity index (χ1) is 5.73. The molecule has 2 fully saturated rings. The third-order valence-electron chi connectivity index (χ3n) is 3.55. The maximum atomic E-state index is 6.00. The zero-order valence-corrected chi connectivity index (χ0v) is 8.26. The molecule has 2 rings (SSSR count). The quantitative estimate of drug-likeness (QED) is 0.677. The topological polar surface area (TPSA) is 21.3 Å². The zero-order valence-electron chi connectivity index (χ0n) is 8.26. The molecule has 1 aliphatic heterocycles. The monoisotopic (exact) mass is 169 g/mol. The normalized spacial score (nSPS) is 43.8. The van der Waals surface area contributed by atoms with Crippen molar-refractivity contribution in [3.05, 3.63) is 0 Å². The fourth-order valence-electron chi connectivity index (χ4n) is 2.86. The summed E-state index contributed by atoms with van der Waals surface area (Å²) >= 11 is 0. The van der Waals surface area contributed by atoms with Gasteiger partial charge in [-0.3, -0.25) is 0 Å². The fourth-order valence-corrected chi connectivity index (χ4v) is 2.86. The van der Waals surface area contributed by atoms with Crippen LogP contribution in [-0.4, -0.2) is 24.8 Å². The zero-order chi connectivity index (χ0) is 8.77. The summed E-state index contributed by atoms with van der Waals surface area (Å²) in [6.07, 6.45) is 4.22. The molecular weight excluding hydrogens is 150 g/mol. The molecule has 1 heterocycles. The molecule has 1 saturated heterocycles. The summed E-state index contributed by atoms with van der Waals surface area (Å²) in [6, 6.07) is 0.581. The van der Waals surface area contributed by atoms with E-state index in [4.69, 9.17) is 4.74 Å². The van der Waals surface area contributed by atoms with Crippen molar-refractivity contribution in [2.24, 2.45) is 5.92 Å². The van der Waals surface area contributed by atoms with E-state index in [9.17, 15) is 0 Å². The molecule has 70 valence electrons. The van der Waals surface area contributed by atoms with E-state index in [1.165, 1.54) is 19.3 Å². The van der Waals surface area contributed by atoms with Gasteiger partial charge in [-0.05, 0) is 33.2 Å². The minimum atomic E-state index is 0.293. The van der Waals surface area contributed by atoms with Gasteiger partial charge in [0, 0.05) is 12.0 Å². The Balaban J connectivity index is 2.13. The summed E-state index contributed by atoms with van der Waals surface area (Å²) in [5.41, 5.74) is 0.293. The van der Waals surface area contributed by atoms with Crippen molar-refractivity contribution in [2.75, 3.05) is 7.05 Å². The molecule has 2 unspecified atom stereocenters. The molecular formula is C10H19NO. The van der Waals surface area contributed by atoms with Gasteiger partial charge in [0.1, 0.15) is 0 Å². The van der Waals surface area contributed by atoms with Crippen molar-refractivity contribution in [3.8, 4) is 0 Å². The van der Waals surface area contributed by atoms with Crippen LogP contribution < -0.4 is 5.32 Å². The van der Waals surface area contributed by atoms with Crippen LogP contribution in [-0.2, 0) is 4.74 Å². The third-order valence-corrected chi connectivity index (χ3v) is 3.55. The lowest BCUT2D eigenvalue weighted by atomic mass is 9.90. The molecule has 3 atom stereocenters. The Morgan fingerprint density at radius 1 is 1.50 bits per heavy atom. The summed E-state index contributed by atoms with van der Waals surface area (Å²) in [4.78, 5) is 0. The average molecular weight is 169 g/mol. The molecule has 12 heavy (non-hydrogen) atoms. The first-order valence-corrected chi connectivity index (χ1v) is 5.08. The SMILES string of the molecule is CCC1C(NC)[C@@H](C)OC12CC2. The second kappa shape index (κ2) is 2.71. The Hall–Kier alpha value is -0.0800. The van der Waals surface area contributed by atoms with E-state index in [0.717, 1.165) is 5.92 Å². The van der Waals surface area contributed by atoms with Crippen molar-refractivity contribution < 1.29 is 4.74 Å². The third kappa shape index (κ3) is 1.01. The first kappa shape index (κ1) is 8.52.